The molecule has 2 heterocycles. The van der Waals surface area contributed by atoms with E-state index in [1.165, 1.54) is 31.1 Å². The van der Waals surface area contributed by atoms with Crippen LogP contribution in [-0.2, 0) is 64.0 Å². The maximum absolute atomic E-state index is 14.8. The molecule has 0 radical (unpaired) electrons. The molecule has 27 heteroatoms. The molecule has 9 N–H and O–H groups in total. The number of amides is 11. The third-order valence-electron chi connectivity index (χ3n) is 18.0. The molecule has 2 aliphatic rings. The third-order valence-corrected chi connectivity index (χ3v) is 18.0. The van der Waals surface area contributed by atoms with E-state index in [-0.39, 0.29) is 93.2 Å². The normalized spacial score (nSPS) is 18.4. The number of anilines is 1. The highest BCUT2D eigenvalue weighted by Crippen LogP contribution is 2.30. The first-order valence-electron chi connectivity index (χ1n) is 33.6. The summed E-state index contributed by atoms with van der Waals surface area (Å²) in [5, 5.41) is 35.8. The Kier molecular flexibility index (Phi) is 33.0. The number of unbranched alkanes of at least 4 members (excludes halogenated alkanes) is 2. The fourth-order valence-electron chi connectivity index (χ4n) is 12.2. The number of likely N-dealkylation sites (N-methyl/N-ethyl adjacent to an activating group) is 2. The van der Waals surface area contributed by atoms with Crippen molar-refractivity contribution in [2.75, 3.05) is 53.3 Å². The Balaban J connectivity index is 1.37. The van der Waals surface area contributed by atoms with E-state index < -0.39 is 120 Å². The van der Waals surface area contributed by atoms with Gasteiger partial charge in [-0.25, -0.2) is 9.59 Å². The van der Waals surface area contributed by atoms with Gasteiger partial charge in [0.05, 0.1) is 36.9 Å². The number of methoxy groups -OCH3 is 2. The number of primary amides is 1. The van der Waals surface area contributed by atoms with Gasteiger partial charge in [-0.1, -0.05) is 118 Å². The maximum Gasteiger partial charge on any atom is 0.410 e. The molecular formula is C69H107N11O16. The van der Waals surface area contributed by atoms with Gasteiger partial charge in [0, 0.05) is 72.4 Å². The van der Waals surface area contributed by atoms with E-state index in [4.69, 9.17) is 19.9 Å². The van der Waals surface area contributed by atoms with E-state index in [2.05, 4.69) is 31.6 Å². The van der Waals surface area contributed by atoms with Crippen molar-refractivity contribution in [3.8, 4) is 0 Å². The second kappa shape index (κ2) is 39.4. The number of carbonyl (C=O) groups is 11. The van der Waals surface area contributed by atoms with Crippen LogP contribution >= 0.6 is 0 Å². The van der Waals surface area contributed by atoms with Gasteiger partial charge in [-0.05, 0) is 92.4 Å². The highest BCUT2D eigenvalue weighted by molar-refractivity contribution is 6.29. The molecule has 0 saturated carbocycles. The van der Waals surface area contributed by atoms with Gasteiger partial charge >= 0.3 is 12.1 Å². The Morgan fingerprint density at radius 3 is 2.01 bits per heavy atom. The van der Waals surface area contributed by atoms with E-state index in [1.54, 1.807) is 116 Å². The number of nitrogens with two attached hydrogens (primary N) is 1. The van der Waals surface area contributed by atoms with Crippen molar-refractivity contribution in [2.45, 2.75) is 213 Å². The average molecular weight is 1350 g/mol. The summed E-state index contributed by atoms with van der Waals surface area (Å²) in [6.45, 7) is 18.3. The smallest absolute Gasteiger partial charge is 0.410 e. The number of carbonyl (C=O) groups excluding carboxylic acids is 11. The number of likely N-dealkylation sites (tertiary alicyclic amines) is 2. The molecule has 534 valence electrons. The molecule has 27 nitrogen and oxygen atoms in total. The van der Waals surface area contributed by atoms with Gasteiger partial charge < -0.3 is 66.5 Å². The van der Waals surface area contributed by atoms with Crippen molar-refractivity contribution < 1.29 is 77.2 Å². The van der Waals surface area contributed by atoms with E-state index in [0.717, 1.165) is 11.1 Å². The number of Topliss-reactive ketones (excluding diaryl/α,β-unsaturated/α-hetero) is 1. The minimum absolute atomic E-state index is 0.0811. The van der Waals surface area contributed by atoms with Gasteiger partial charge in [0.1, 0.15) is 49.1 Å². The van der Waals surface area contributed by atoms with Crippen LogP contribution in [0.2, 0.25) is 0 Å². The number of nitrogens with zero attached hydrogens (tertiary/aromatic N) is 5. The molecule has 6 unspecified atom stereocenters. The molecule has 0 bridgehead atoms. The molecule has 4 rings (SSSR count). The summed E-state index contributed by atoms with van der Waals surface area (Å²) in [4.78, 5) is 157. The summed E-state index contributed by atoms with van der Waals surface area (Å²) < 4.78 is 17.4. The van der Waals surface area contributed by atoms with Gasteiger partial charge in [0.15, 0.2) is 0 Å². The third kappa shape index (κ3) is 23.5. The van der Waals surface area contributed by atoms with Crippen molar-refractivity contribution >= 4 is 77.1 Å². The first-order valence-corrected chi connectivity index (χ1v) is 33.6. The Bertz CT molecular complexity index is 2950. The van der Waals surface area contributed by atoms with Crippen LogP contribution in [0.15, 0.2) is 59.6 Å². The number of hydrogen-bond donors (Lipinski definition) is 8. The molecular weight excluding hydrogens is 1240 g/mol. The average Bonchev–Trinajstić information content (AvgIpc) is 1.28. The van der Waals surface area contributed by atoms with Crippen molar-refractivity contribution in [2.24, 2.45) is 40.3 Å². The fourth-order valence-corrected chi connectivity index (χ4v) is 12.2. The van der Waals surface area contributed by atoms with Crippen LogP contribution in [0.3, 0.4) is 0 Å². The number of ether oxygens (including phenoxy) is 3. The summed E-state index contributed by atoms with van der Waals surface area (Å²) in [5.41, 5.74) is 6.71. The second-order valence-electron chi connectivity index (χ2n) is 26.4. The van der Waals surface area contributed by atoms with E-state index in [1.807, 2.05) is 19.9 Å². The number of hydrogen-bond acceptors (Lipinski definition) is 17. The Labute approximate surface area is 565 Å². The highest BCUT2D eigenvalue weighted by atomic mass is 16.6. The Hall–Kier alpha value is -7.88. The fraction of sp³-hybridized carbons (Fsp3) is 0.652. The number of benzene rings is 2. The van der Waals surface area contributed by atoms with Crippen LogP contribution in [-0.4, -0.2) is 210 Å². The lowest BCUT2D eigenvalue weighted by Crippen LogP contribution is -2.60. The molecule has 0 aliphatic carbocycles. The lowest BCUT2D eigenvalue weighted by Gasteiger charge is -2.41. The van der Waals surface area contributed by atoms with Gasteiger partial charge in [0.2, 0.25) is 53.0 Å². The molecule has 2 aromatic rings. The Morgan fingerprint density at radius 2 is 1.44 bits per heavy atom. The van der Waals surface area contributed by atoms with Crippen LogP contribution in [0.4, 0.5) is 15.3 Å². The molecule has 2 aromatic carbocycles. The zero-order chi connectivity index (χ0) is 71.7. The largest absolute Gasteiger partial charge is 0.445 e. The van der Waals surface area contributed by atoms with Crippen LogP contribution in [0.1, 0.15) is 157 Å². The predicted molar refractivity (Wildman–Crippen MR) is 360 cm³/mol. The quantitative estimate of drug-likeness (QED) is 0.0253. The van der Waals surface area contributed by atoms with Crippen LogP contribution in [0.25, 0.3) is 0 Å². The first kappa shape index (κ1) is 80.6. The molecule has 11 amide bonds. The number of rotatable bonds is 39. The lowest BCUT2D eigenvalue weighted by atomic mass is 9.89. The highest BCUT2D eigenvalue weighted by Gasteiger charge is 2.44. The topological polar surface area (TPSA) is 367 Å². The van der Waals surface area contributed by atoms with Gasteiger partial charge in [-0.2, -0.15) is 0 Å². The lowest BCUT2D eigenvalue weighted by molar-refractivity contribution is -0.148. The molecule has 2 saturated heterocycles. The Morgan fingerprint density at radius 1 is 0.781 bits per heavy atom. The predicted octanol–water partition coefficient (Wildman–Crippen LogP) is 4.80. The summed E-state index contributed by atoms with van der Waals surface area (Å²) >= 11 is 0. The van der Waals surface area contributed by atoms with E-state index in [0.29, 0.717) is 61.9 Å². The molecule has 13 atom stereocenters. The van der Waals surface area contributed by atoms with E-state index in [9.17, 15) is 63.0 Å². The number of ketones is 1. The monoisotopic (exact) mass is 1350 g/mol. The molecule has 0 spiro atoms. The standard InChI is InChI=1S/C69H107N11O16/c1-15-43(8)59(52(94-13)37-55(84)79-35-23-27-50(79)62(95-14)61(86)51(81)38-72-45(10)60(85)47-24-18-16-19-25-47)77(11)67(91)57(41(4)5)76-65(89)58(42(6)7)78(12)69(93)96-39-46-29-31-48(32-30-46)73-63(87)49(26-22-33-71-68(70)92)74-64(88)56(40(2)3)75-53(82)28-20-17-21-34-80-54(83)36-44(9)66(80)90/h16,18-19,24-25,29-32,38,40-45,49-50,52,56-62,85-86H,15,17,20-23,26-28,33-37,39H2,1-14H3,(H,73,87)(H,74,88)(H,75,82)(H,76,89)(H3,70,71,92)/t43-,44?,45+,49-,50?,52+,56?,57?,58?,59?,60+,61+,62-/m0/s1. The second-order valence-corrected chi connectivity index (χ2v) is 26.4. The van der Waals surface area contributed by atoms with Crippen molar-refractivity contribution in [1.82, 2.24) is 40.9 Å². The van der Waals surface area contributed by atoms with Crippen molar-refractivity contribution in [1.29, 1.82) is 0 Å². The summed E-state index contributed by atoms with van der Waals surface area (Å²) in [6, 6.07) is 8.07. The number of aliphatic imine (C=N–C) groups is 1. The number of nitrogens with one attached hydrogen (secondary N) is 5. The minimum atomic E-state index is -1.68. The van der Waals surface area contributed by atoms with Crippen LogP contribution in [0.5, 0.6) is 0 Å². The van der Waals surface area contributed by atoms with E-state index >= 15 is 0 Å². The summed E-state index contributed by atoms with van der Waals surface area (Å²) in [6.07, 6.45) is -0.889. The first-order chi connectivity index (χ1) is 45.4. The molecule has 0 aromatic heterocycles. The summed E-state index contributed by atoms with van der Waals surface area (Å²) in [7, 11) is 5.83. The molecule has 96 heavy (non-hydrogen) atoms. The van der Waals surface area contributed by atoms with Gasteiger partial charge in [-0.3, -0.25) is 57.9 Å². The maximum atomic E-state index is 14.8. The minimum Gasteiger partial charge on any atom is -0.445 e. The number of aliphatic hydroxyl groups excluding tert-OH is 2. The SMILES string of the molecule is CC[C@H](C)C([C@@H](CC(=O)N1CCCC1[C@H](OC)[C@H](O)C(=O)C=N[C@H](C)[C@@H](O)c1ccccc1)OC)N(C)C(=O)C(NC(=O)C(C(C)C)N(C)C(=O)OCc1ccc(NC(=O)[C@H](CCCNC(N)=O)NC(=O)C(NC(=O)CCCCCN2C(=O)CC(C)C2=O)C(C)C)cc1)C(C)C. The molecule has 2 fully saturated rings. The van der Waals surface area contributed by atoms with Crippen LogP contribution < -0.4 is 32.3 Å². The zero-order valence-corrected chi connectivity index (χ0v) is 58.5. The number of imide groups is 1. The van der Waals surface area contributed by atoms with Gasteiger partial charge in [0.25, 0.3) is 0 Å². The number of aliphatic hydroxyl groups is 2. The number of urea groups is 1. The van der Waals surface area contributed by atoms with Crippen molar-refractivity contribution in [3.63, 3.8) is 0 Å². The zero-order valence-electron chi connectivity index (χ0n) is 58.5. The summed E-state index contributed by atoms with van der Waals surface area (Å²) in [5.74, 6) is -5.98. The van der Waals surface area contributed by atoms with Crippen molar-refractivity contribution in [3.05, 3.63) is 65.7 Å². The van der Waals surface area contributed by atoms with Gasteiger partial charge in [-0.15, -0.1) is 0 Å². The molecule has 2 aliphatic heterocycles. The van der Waals surface area contributed by atoms with Crippen LogP contribution in [0, 0.1) is 29.6 Å².